The summed E-state index contributed by atoms with van der Waals surface area (Å²) >= 11 is 0. The molecule has 5 nitrogen and oxygen atoms in total. The first-order chi connectivity index (χ1) is 10.6. The highest BCUT2D eigenvalue weighted by Crippen LogP contribution is 2.31. The van der Waals surface area contributed by atoms with Crippen LogP contribution in [0.5, 0.6) is 5.75 Å². The molecule has 0 bridgehead atoms. The van der Waals surface area contributed by atoms with Crippen molar-refractivity contribution in [2.75, 3.05) is 26.2 Å². The summed E-state index contributed by atoms with van der Waals surface area (Å²) in [4.78, 5) is 6.84. The molecule has 1 aromatic carbocycles. The lowest BCUT2D eigenvalue weighted by molar-refractivity contribution is 0.240. The van der Waals surface area contributed by atoms with Crippen LogP contribution in [0.1, 0.15) is 38.8 Å². The Bertz CT molecular complexity index is 507. The van der Waals surface area contributed by atoms with Gasteiger partial charge in [-0.3, -0.25) is 9.89 Å². The van der Waals surface area contributed by atoms with E-state index in [0.717, 1.165) is 37.4 Å². The Balaban J connectivity index is 0.00000264. The van der Waals surface area contributed by atoms with Crippen LogP contribution in [0.2, 0.25) is 0 Å². The fraction of sp³-hybridized carbons (Fsp3) is 0.588. The van der Waals surface area contributed by atoms with Gasteiger partial charge in [-0.05, 0) is 26.5 Å². The smallest absolute Gasteiger partial charge is 0.189 e. The fourth-order valence-corrected chi connectivity index (χ4v) is 2.80. The molecular formula is C17H29IN4O. The third-order valence-corrected chi connectivity index (χ3v) is 4.09. The molecule has 0 aliphatic carbocycles. The summed E-state index contributed by atoms with van der Waals surface area (Å²) in [7, 11) is 0. The number of nitrogens with zero attached hydrogens (tertiary/aromatic N) is 2. The molecule has 130 valence electrons. The van der Waals surface area contributed by atoms with Crippen molar-refractivity contribution in [3.8, 4) is 5.75 Å². The van der Waals surface area contributed by atoms with Crippen molar-refractivity contribution in [1.29, 1.82) is 0 Å². The number of para-hydroxylation sites is 1. The second-order valence-corrected chi connectivity index (χ2v) is 5.86. The number of likely N-dealkylation sites (N-methyl/N-ethyl adjacent to an activating group) is 1. The number of rotatable bonds is 6. The maximum Gasteiger partial charge on any atom is 0.189 e. The molecule has 0 saturated heterocycles. The summed E-state index contributed by atoms with van der Waals surface area (Å²) in [6.07, 6.45) is 0.903. The van der Waals surface area contributed by atoms with Crippen LogP contribution in [0.25, 0.3) is 0 Å². The Labute approximate surface area is 156 Å². The van der Waals surface area contributed by atoms with Crippen molar-refractivity contribution in [3.63, 3.8) is 0 Å². The van der Waals surface area contributed by atoms with Crippen molar-refractivity contribution in [2.24, 2.45) is 10.7 Å². The summed E-state index contributed by atoms with van der Waals surface area (Å²) in [6.45, 7) is 9.97. The molecule has 0 saturated carbocycles. The van der Waals surface area contributed by atoms with Gasteiger partial charge in [-0.15, -0.1) is 24.0 Å². The van der Waals surface area contributed by atoms with E-state index in [9.17, 15) is 0 Å². The molecule has 1 aliphatic rings. The van der Waals surface area contributed by atoms with Crippen LogP contribution in [0.4, 0.5) is 0 Å². The van der Waals surface area contributed by atoms with Crippen LogP contribution in [0.15, 0.2) is 29.3 Å². The van der Waals surface area contributed by atoms with Crippen molar-refractivity contribution >= 4 is 29.9 Å². The summed E-state index contributed by atoms with van der Waals surface area (Å²) in [5.74, 6) is 1.46. The summed E-state index contributed by atoms with van der Waals surface area (Å²) in [5, 5.41) is 3.33. The van der Waals surface area contributed by atoms with Gasteiger partial charge in [-0.25, -0.2) is 0 Å². The van der Waals surface area contributed by atoms with Crippen LogP contribution in [0.3, 0.4) is 0 Å². The predicted molar refractivity (Wildman–Crippen MR) is 107 cm³/mol. The zero-order valence-corrected chi connectivity index (χ0v) is 16.6. The van der Waals surface area contributed by atoms with Gasteiger partial charge in [0.05, 0.1) is 19.2 Å². The maximum atomic E-state index is 6.05. The Kier molecular flexibility index (Phi) is 8.68. The molecule has 0 fully saturated rings. The highest BCUT2D eigenvalue weighted by Gasteiger charge is 2.21. The second-order valence-electron chi connectivity index (χ2n) is 5.86. The number of nitrogens with two attached hydrogens (primary N) is 1. The molecule has 0 aromatic heterocycles. The van der Waals surface area contributed by atoms with Gasteiger partial charge in [-0.1, -0.05) is 25.1 Å². The third-order valence-electron chi connectivity index (χ3n) is 4.09. The number of benzene rings is 1. The molecular weight excluding hydrogens is 403 g/mol. The second kappa shape index (κ2) is 9.97. The Morgan fingerprint density at radius 3 is 2.87 bits per heavy atom. The van der Waals surface area contributed by atoms with Crippen LogP contribution < -0.4 is 15.8 Å². The highest BCUT2D eigenvalue weighted by molar-refractivity contribution is 14.0. The number of guanidine groups is 1. The van der Waals surface area contributed by atoms with E-state index in [2.05, 4.69) is 42.0 Å². The van der Waals surface area contributed by atoms with Gasteiger partial charge in [0.2, 0.25) is 0 Å². The van der Waals surface area contributed by atoms with Gasteiger partial charge in [-0.2, -0.15) is 0 Å². The topological polar surface area (TPSA) is 62.9 Å². The Morgan fingerprint density at radius 1 is 1.43 bits per heavy atom. The van der Waals surface area contributed by atoms with E-state index in [-0.39, 0.29) is 30.0 Å². The standard InChI is InChI=1S/C17H28N4O.HI/c1-4-21(13(2)3)11-10-19-17(18)20-15-9-12-22-16-8-6-5-7-14(15)16;/h5-8,13,15H,4,9-12H2,1-3H3,(H3,18,19,20);1H. The number of ether oxygens (including phenoxy) is 1. The van der Waals surface area contributed by atoms with E-state index in [1.54, 1.807) is 0 Å². The van der Waals surface area contributed by atoms with Crippen LogP contribution in [-0.4, -0.2) is 43.1 Å². The quantitative estimate of drug-likeness (QED) is 0.412. The average Bonchev–Trinajstić information content (AvgIpc) is 2.51. The first-order valence-corrected chi connectivity index (χ1v) is 8.14. The number of aliphatic imine (C=N–C) groups is 1. The van der Waals surface area contributed by atoms with Gasteiger partial charge >= 0.3 is 0 Å². The normalized spacial score (nSPS) is 17.4. The largest absolute Gasteiger partial charge is 0.493 e. The monoisotopic (exact) mass is 432 g/mol. The molecule has 2 rings (SSSR count). The van der Waals surface area contributed by atoms with E-state index in [1.165, 1.54) is 0 Å². The zero-order chi connectivity index (χ0) is 15.9. The van der Waals surface area contributed by atoms with Crippen LogP contribution in [-0.2, 0) is 0 Å². The van der Waals surface area contributed by atoms with Crippen molar-refractivity contribution < 1.29 is 4.74 Å². The SMILES string of the molecule is CCN(CCN=C(N)NC1CCOc2ccccc21)C(C)C.I. The highest BCUT2D eigenvalue weighted by atomic mass is 127. The minimum Gasteiger partial charge on any atom is -0.493 e. The third kappa shape index (κ3) is 5.84. The minimum atomic E-state index is 0. The number of hydrogen-bond donors (Lipinski definition) is 2. The van der Waals surface area contributed by atoms with Crippen molar-refractivity contribution in [3.05, 3.63) is 29.8 Å². The fourth-order valence-electron chi connectivity index (χ4n) is 2.80. The zero-order valence-electron chi connectivity index (χ0n) is 14.3. The Hall–Kier alpha value is -1.02. The molecule has 1 atom stereocenters. The molecule has 1 aromatic rings. The van der Waals surface area contributed by atoms with Gasteiger partial charge in [0.1, 0.15) is 5.75 Å². The summed E-state index contributed by atoms with van der Waals surface area (Å²) in [6, 6.07) is 8.81. The molecule has 3 N–H and O–H groups in total. The number of halogens is 1. The lowest BCUT2D eigenvalue weighted by Crippen LogP contribution is -2.38. The maximum absolute atomic E-state index is 6.05. The average molecular weight is 432 g/mol. The molecule has 23 heavy (non-hydrogen) atoms. The number of hydrogen-bond acceptors (Lipinski definition) is 3. The van der Waals surface area contributed by atoms with Crippen molar-refractivity contribution in [2.45, 2.75) is 39.3 Å². The van der Waals surface area contributed by atoms with E-state index >= 15 is 0 Å². The molecule has 0 amide bonds. The number of nitrogens with one attached hydrogen (secondary N) is 1. The van der Waals surface area contributed by atoms with Crippen LogP contribution in [0, 0.1) is 0 Å². The van der Waals surface area contributed by atoms with Gasteiger partial charge in [0.25, 0.3) is 0 Å². The molecule has 1 aliphatic heterocycles. The number of fused-ring (bicyclic) bond motifs is 1. The van der Waals surface area contributed by atoms with Crippen LogP contribution >= 0.6 is 24.0 Å². The first kappa shape index (κ1) is 20.0. The lowest BCUT2D eigenvalue weighted by Gasteiger charge is -2.27. The van der Waals surface area contributed by atoms with Gasteiger partial charge in [0.15, 0.2) is 5.96 Å². The summed E-state index contributed by atoms with van der Waals surface area (Å²) in [5.41, 5.74) is 7.20. The van der Waals surface area contributed by atoms with E-state index < -0.39 is 0 Å². The molecule has 0 spiro atoms. The molecule has 0 radical (unpaired) electrons. The van der Waals surface area contributed by atoms with E-state index in [0.29, 0.717) is 18.6 Å². The molecule has 1 heterocycles. The Morgan fingerprint density at radius 2 is 2.17 bits per heavy atom. The first-order valence-electron chi connectivity index (χ1n) is 8.14. The molecule has 6 heteroatoms. The summed E-state index contributed by atoms with van der Waals surface area (Å²) < 4.78 is 5.66. The van der Waals surface area contributed by atoms with E-state index in [4.69, 9.17) is 10.5 Å². The minimum absolute atomic E-state index is 0. The predicted octanol–water partition coefficient (Wildman–Crippen LogP) is 2.76. The van der Waals surface area contributed by atoms with Gasteiger partial charge in [0, 0.05) is 24.6 Å². The van der Waals surface area contributed by atoms with E-state index in [1.807, 2.05) is 18.2 Å². The van der Waals surface area contributed by atoms with Gasteiger partial charge < -0.3 is 15.8 Å². The van der Waals surface area contributed by atoms with Crippen molar-refractivity contribution in [1.82, 2.24) is 10.2 Å². The molecule has 1 unspecified atom stereocenters. The lowest BCUT2D eigenvalue weighted by atomic mass is 10.0.